The van der Waals surface area contributed by atoms with Crippen molar-refractivity contribution in [2.24, 2.45) is 16.6 Å². The summed E-state index contributed by atoms with van der Waals surface area (Å²) < 4.78 is 11.3. The van der Waals surface area contributed by atoms with E-state index in [1.54, 1.807) is 0 Å². The Morgan fingerprint density at radius 2 is 2.11 bits per heavy atom. The van der Waals surface area contributed by atoms with Gasteiger partial charge in [0.05, 0.1) is 6.54 Å². The quantitative estimate of drug-likeness (QED) is 0.317. The molecule has 3 N–H and O–H groups in total. The normalized spacial score (nSPS) is 15.7. The predicted molar refractivity (Wildman–Crippen MR) is 122 cm³/mol. The fourth-order valence-electron chi connectivity index (χ4n) is 2.89. The number of hydrogen-bond acceptors (Lipinski definition) is 4. The third-order valence-electron chi connectivity index (χ3n) is 4.55. The number of benzene rings is 1. The van der Waals surface area contributed by atoms with Gasteiger partial charge in [0.15, 0.2) is 5.96 Å². The zero-order valence-electron chi connectivity index (χ0n) is 16.8. The van der Waals surface area contributed by atoms with E-state index in [1.807, 2.05) is 24.3 Å². The lowest BCUT2D eigenvalue weighted by molar-refractivity contribution is 0.0392. The van der Waals surface area contributed by atoms with Gasteiger partial charge in [0.2, 0.25) is 0 Å². The third-order valence-corrected chi connectivity index (χ3v) is 4.55. The zero-order chi connectivity index (χ0) is 18.8. The van der Waals surface area contributed by atoms with Gasteiger partial charge in [-0.15, -0.1) is 24.0 Å². The van der Waals surface area contributed by atoms with Crippen molar-refractivity contribution in [3.63, 3.8) is 0 Å². The van der Waals surface area contributed by atoms with E-state index in [0.717, 1.165) is 50.5 Å². The molecule has 1 fully saturated rings. The number of aliphatic imine (C=N–C) groups is 1. The van der Waals surface area contributed by atoms with Crippen molar-refractivity contribution >= 4 is 29.9 Å². The first-order valence-corrected chi connectivity index (χ1v) is 9.58. The van der Waals surface area contributed by atoms with Gasteiger partial charge in [0, 0.05) is 32.3 Å². The van der Waals surface area contributed by atoms with Crippen LogP contribution in [0, 0.1) is 5.92 Å². The predicted octanol–water partition coefficient (Wildman–Crippen LogP) is 2.85. The smallest absolute Gasteiger partial charge is 0.188 e. The summed E-state index contributed by atoms with van der Waals surface area (Å²) in [5, 5.41) is 3.13. The van der Waals surface area contributed by atoms with Gasteiger partial charge in [-0.1, -0.05) is 26.0 Å². The molecule has 1 aromatic carbocycles. The van der Waals surface area contributed by atoms with Crippen LogP contribution in [-0.4, -0.2) is 56.9 Å². The van der Waals surface area contributed by atoms with Crippen LogP contribution in [-0.2, 0) is 11.3 Å². The van der Waals surface area contributed by atoms with E-state index in [9.17, 15) is 0 Å². The summed E-state index contributed by atoms with van der Waals surface area (Å²) in [6, 6.07) is 8.67. The summed E-state index contributed by atoms with van der Waals surface area (Å²) in [4.78, 5) is 6.76. The molecule has 0 aliphatic carbocycles. The van der Waals surface area contributed by atoms with Crippen molar-refractivity contribution in [3.8, 4) is 5.75 Å². The molecule has 154 valence electrons. The Kier molecular flexibility index (Phi) is 11.7. The van der Waals surface area contributed by atoms with E-state index < -0.39 is 0 Å². The van der Waals surface area contributed by atoms with E-state index in [2.05, 4.69) is 36.1 Å². The van der Waals surface area contributed by atoms with Crippen LogP contribution < -0.4 is 15.8 Å². The molecular weight excluding hydrogens is 455 g/mol. The van der Waals surface area contributed by atoms with Gasteiger partial charge in [-0.3, -0.25) is 4.90 Å². The summed E-state index contributed by atoms with van der Waals surface area (Å²) in [5.41, 5.74) is 6.98. The molecule has 1 heterocycles. The summed E-state index contributed by atoms with van der Waals surface area (Å²) in [6.45, 7) is 9.00. The molecule has 0 amide bonds. The fourth-order valence-corrected chi connectivity index (χ4v) is 2.89. The Bertz CT molecular complexity index is 563. The lowest BCUT2D eigenvalue weighted by Gasteiger charge is -2.31. The van der Waals surface area contributed by atoms with E-state index in [4.69, 9.17) is 15.2 Å². The number of hydrogen-bond donors (Lipinski definition) is 2. The monoisotopic (exact) mass is 490 g/mol. The molecule has 27 heavy (non-hydrogen) atoms. The molecule has 0 spiro atoms. The molecule has 0 unspecified atom stereocenters. The first-order valence-electron chi connectivity index (χ1n) is 9.58. The number of ether oxygens (including phenoxy) is 2. The van der Waals surface area contributed by atoms with Crippen molar-refractivity contribution in [1.29, 1.82) is 0 Å². The van der Waals surface area contributed by atoms with E-state index >= 15 is 0 Å². The lowest BCUT2D eigenvalue weighted by atomic mass is 10.1. The van der Waals surface area contributed by atoms with E-state index in [-0.39, 0.29) is 24.0 Å². The van der Waals surface area contributed by atoms with Gasteiger partial charge in [0.25, 0.3) is 0 Å². The minimum Gasteiger partial charge on any atom is -0.492 e. The van der Waals surface area contributed by atoms with Gasteiger partial charge in [-0.25, -0.2) is 4.99 Å². The van der Waals surface area contributed by atoms with Gasteiger partial charge >= 0.3 is 0 Å². The Hall–Kier alpha value is -1.06. The SMILES string of the molecule is CC(C)CNC(N)=NCc1cccc(OCCN(C)C2CCOCC2)c1.I. The lowest BCUT2D eigenvalue weighted by Crippen LogP contribution is -2.38. The number of rotatable bonds is 9. The van der Waals surface area contributed by atoms with Crippen LogP contribution in [0.5, 0.6) is 5.75 Å². The topological polar surface area (TPSA) is 72.1 Å². The van der Waals surface area contributed by atoms with Crippen molar-refractivity contribution in [1.82, 2.24) is 10.2 Å². The largest absolute Gasteiger partial charge is 0.492 e. The van der Waals surface area contributed by atoms with Crippen molar-refractivity contribution in [2.75, 3.05) is 40.0 Å². The molecule has 0 bridgehead atoms. The van der Waals surface area contributed by atoms with Crippen molar-refractivity contribution in [3.05, 3.63) is 29.8 Å². The Labute approximate surface area is 180 Å². The molecule has 1 saturated heterocycles. The zero-order valence-corrected chi connectivity index (χ0v) is 19.1. The highest BCUT2D eigenvalue weighted by molar-refractivity contribution is 14.0. The fraction of sp³-hybridized carbons (Fsp3) is 0.650. The summed E-state index contributed by atoms with van der Waals surface area (Å²) >= 11 is 0. The minimum absolute atomic E-state index is 0. The highest BCUT2D eigenvalue weighted by Gasteiger charge is 2.17. The molecule has 0 atom stereocenters. The Morgan fingerprint density at radius 1 is 1.37 bits per heavy atom. The average Bonchev–Trinajstić information content (AvgIpc) is 2.65. The molecule has 0 saturated carbocycles. The van der Waals surface area contributed by atoms with Crippen molar-refractivity contribution in [2.45, 2.75) is 39.3 Å². The van der Waals surface area contributed by atoms with E-state index in [1.165, 1.54) is 0 Å². The summed E-state index contributed by atoms with van der Waals surface area (Å²) in [7, 11) is 2.16. The highest BCUT2D eigenvalue weighted by atomic mass is 127. The Balaban J connectivity index is 0.00000364. The van der Waals surface area contributed by atoms with Crippen LogP contribution >= 0.6 is 24.0 Å². The number of halogens is 1. The van der Waals surface area contributed by atoms with Crippen LogP contribution in [0.25, 0.3) is 0 Å². The average molecular weight is 490 g/mol. The summed E-state index contributed by atoms with van der Waals surface area (Å²) in [5.74, 6) is 1.91. The number of nitrogens with zero attached hydrogens (tertiary/aromatic N) is 2. The van der Waals surface area contributed by atoms with Crippen molar-refractivity contribution < 1.29 is 9.47 Å². The van der Waals surface area contributed by atoms with Gasteiger partial charge in [-0.05, 0) is 43.5 Å². The third kappa shape index (κ3) is 9.62. The molecule has 1 aliphatic heterocycles. The number of nitrogens with one attached hydrogen (secondary N) is 1. The molecule has 0 aromatic heterocycles. The standard InChI is InChI=1S/C20H34N4O2.HI/c1-16(2)14-22-20(21)23-15-17-5-4-6-19(13-17)26-12-9-24(3)18-7-10-25-11-8-18;/h4-6,13,16,18H,7-12,14-15H2,1-3H3,(H3,21,22,23);1H. The maximum absolute atomic E-state index is 5.93. The summed E-state index contributed by atoms with van der Waals surface area (Å²) in [6.07, 6.45) is 2.21. The Morgan fingerprint density at radius 3 is 2.81 bits per heavy atom. The van der Waals surface area contributed by atoms with Crippen LogP contribution in [0.15, 0.2) is 29.3 Å². The number of likely N-dealkylation sites (N-methyl/N-ethyl adjacent to an activating group) is 1. The second-order valence-corrected chi connectivity index (χ2v) is 7.30. The van der Waals surface area contributed by atoms with E-state index in [0.29, 0.717) is 31.1 Å². The molecule has 2 rings (SSSR count). The molecule has 1 aromatic rings. The first kappa shape index (κ1) is 24.0. The van der Waals surface area contributed by atoms with Gasteiger partial charge in [0.1, 0.15) is 12.4 Å². The second-order valence-electron chi connectivity index (χ2n) is 7.30. The van der Waals surface area contributed by atoms with Crippen LogP contribution in [0.4, 0.5) is 0 Å². The molecule has 1 aliphatic rings. The molecular formula is C20H35IN4O2. The minimum atomic E-state index is 0. The maximum Gasteiger partial charge on any atom is 0.188 e. The number of guanidine groups is 1. The van der Waals surface area contributed by atoms with Crippen LogP contribution in [0.3, 0.4) is 0 Å². The van der Waals surface area contributed by atoms with Gasteiger partial charge in [-0.2, -0.15) is 0 Å². The van der Waals surface area contributed by atoms with Crippen LogP contribution in [0.2, 0.25) is 0 Å². The molecule has 7 heteroatoms. The second kappa shape index (κ2) is 13.2. The molecule has 0 radical (unpaired) electrons. The molecule has 6 nitrogen and oxygen atoms in total. The van der Waals surface area contributed by atoms with Gasteiger partial charge < -0.3 is 20.5 Å². The highest BCUT2D eigenvalue weighted by Crippen LogP contribution is 2.15. The van der Waals surface area contributed by atoms with Crippen LogP contribution in [0.1, 0.15) is 32.3 Å². The number of nitrogens with two attached hydrogens (primary N) is 1. The maximum atomic E-state index is 5.93. The first-order chi connectivity index (χ1) is 12.5.